The molecule has 0 saturated carbocycles. The van der Waals surface area contributed by atoms with Gasteiger partial charge in [0.1, 0.15) is 0 Å². The van der Waals surface area contributed by atoms with Crippen molar-refractivity contribution in [1.82, 2.24) is 19.9 Å². The molecule has 8 bridgehead atoms. The predicted molar refractivity (Wildman–Crippen MR) is 201 cm³/mol. The number of nitrogens with zero attached hydrogens (tertiary/aromatic N) is 2. The van der Waals surface area contributed by atoms with Crippen LogP contribution in [0.25, 0.3) is 90.9 Å². The van der Waals surface area contributed by atoms with Gasteiger partial charge in [-0.2, -0.15) is 0 Å². The molecule has 2 aliphatic heterocycles. The number of H-pyrrole nitrogens is 2. The minimum Gasteiger partial charge on any atom is -0.354 e. The second-order valence-electron chi connectivity index (χ2n) is 12.0. The molecule has 3 aromatic heterocycles. The fraction of sp³-hybridized carbons (Fsp3) is 0. The van der Waals surface area contributed by atoms with E-state index in [0.717, 1.165) is 89.4 Å². The number of aromatic nitrogens is 4. The Balaban J connectivity index is 0.00000348. The number of benzene rings is 4. The van der Waals surface area contributed by atoms with Crippen molar-refractivity contribution in [3.05, 3.63) is 168 Å². The number of rotatable bonds is 4. The Labute approximate surface area is 295 Å². The maximum atomic E-state index is 5.35. The zero-order valence-corrected chi connectivity index (χ0v) is 27.6. The summed E-state index contributed by atoms with van der Waals surface area (Å²) in [6, 6.07) is 50.7. The third kappa shape index (κ3) is 5.55. The molecular weight excluding hydrogens is 639 g/mol. The predicted octanol–water partition coefficient (Wildman–Crippen LogP) is 11.3. The summed E-state index contributed by atoms with van der Waals surface area (Å²) in [7, 11) is 0. The molecule has 0 spiro atoms. The van der Waals surface area contributed by atoms with E-state index in [1.54, 1.807) is 0 Å². The summed E-state index contributed by atoms with van der Waals surface area (Å²) >= 11 is 0. The van der Waals surface area contributed by atoms with Crippen LogP contribution in [0.1, 0.15) is 22.8 Å². The Kier molecular flexibility index (Phi) is 7.98. The monoisotopic (exact) mass is 669 g/mol. The molecule has 4 aromatic carbocycles. The molecule has 4 nitrogen and oxygen atoms in total. The molecule has 0 unspecified atom stereocenters. The summed E-state index contributed by atoms with van der Waals surface area (Å²) in [5.74, 6) is 0. The van der Waals surface area contributed by atoms with Crippen molar-refractivity contribution in [2.75, 3.05) is 0 Å². The van der Waals surface area contributed by atoms with Gasteiger partial charge in [-0.15, -0.1) is 0 Å². The summed E-state index contributed by atoms with van der Waals surface area (Å²) < 4.78 is 0. The van der Waals surface area contributed by atoms with Crippen molar-refractivity contribution in [2.24, 2.45) is 0 Å². The van der Waals surface area contributed by atoms with Crippen molar-refractivity contribution in [3.63, 3.8) is 0 Å². The molecule has 0 fully saturated rings. The second kappa shape index (κ2) is 12.9. The molecule has 0 radical (unpaired) electrons. The molecule has 2 N–H and O–H groups in total. The summed E-state index contributed by atoms with van der Waals surface area (Å²) in [4.78, 5) is 18.3. The molecule has 49 heavy (non-hydrogen) atoms. The van der Waals surface area contributed by atoms with E-state index >= 15 is 0 Å². The van der Waals surface area contributed by atoms with Crippen LogP contribution < -0.4 is 0 Å². The minimum atomic E-state index is 0. The van der Waals surface area contributed by atoms with Gasteiger partial charge in [0.2, 0.25) is 0 Å². The second-order valence-corrected chi connectivity index (χ2v) is 12.0. The standard InChI is InChI=1S/C44H30N4.Mn/c1-5-13-29(14-6-1)41-33-21-23-35(45-33)42(30-15-7-2-8-16-30)37-25-27-39(47-37)44(32-19-11-4-12-20-32)40-28-26-38(48-40)43(31-17-9-3-10-18-31)36-24-22-34(41)46-36;/h1-28,45,48H;/q;+3. The molecule has 9 rings (SSSR count). The molecule has 230 valence electrons. The van der Waals surface area contributed by atoms with Gasteiger partial charge in [-0.1, -0.05) is 121 Å². The molecule has 0 aliphatic carbocycles. The first-order valence-corrected chi connectivity index (χ1v) is 16.2. The smallest absolute Gasteiger partial charge is 0.354 e. The first-order valence-electron chi connectivity index (χ1n) is 16.2. The van der Waals surface area contributed by atoms with Crippen molar-refractivity contribution in [2.45, 2.75) is 0 Å². The van der Waals surface area contributed by atoms with Gasteiger partial charge < -0.3 is 9.97 Å². The Morgan fingerprint density at radius 1 is 0.286 bits per heavy atom. The number of hydrogen-bond donors (Lipinski definition) is 2. The number of hydrogen-bond acceptors (Lipinski definition) is 2. The largest absolute Gasteiger partial charge is 3.00 e. The Morgan fingerprint density at radius 2 is 0.510 bits per heavy atom. The van der Waals surface area contributed by atoms with Crippen LogP contribution in [0.2, 0.25) is 0 Å². The fourth-order valence-electron chi connectivity index (χ4n) is 6.84. The molecular formula is C44H30MnN4+3. The van der Waals surface area contributed by atoms with Gasteiger partial charge in [0.05, 0.1) is 22.8 Å². The molecule has 5 heterocycles. The molecule has 0 saturated heterocycles. The Morgan fingerprint density at radius 3 is 0.735 bits per heavy atom. The van der Waals surface area contributed by atoms with E-state index in [0.29, 0.717) is 0 Å². The van der Waals surface area contributed by atoms with Crippen molar-refractivity contribution in [1.29, 1.82) is 0 Å². The van der Waals surface area contributed by atoms with Crippen LogP contribution in [0.3, 0.4) is 0 Å². The van der Waals surface area contributed by atoms with E-state index in [-0.39, 0.29) is 17.1 Å². The normalized spacial score (nSPS) is 11.8. The quantitative estimate of drug-likeness (QED) is 0.183. The van der Waals surface area contributed by atoms with E-state index in [2.05, 4.69) is 156 Å². The fourth-order valence-corrected chi connectivity index (χ4v) is 6.84. The van der Waals surface area contributed by atoms with Gasteiger partial charge in [0.15, 0.2) is 0 Å². The van der Waals surface area contributed by atoms with Gasteiger partial charge in [0.25, 0.3) is 0 Å². The summed E-state index contributed by atoms with van der Waals surface area (Å²) in [5, 5.41) is 0. The minimum absolute atomic E-state index is 0. The van der Waals surface area contributed by atoms with Crippen LogP contribution in [-0.4, -0.2) is 19.9 Å². The third-order valence-corrected chi connectivity index (χ3v) is 9.00. The van der Waals surface area contributed by atoms with Crippen molar-refractivity contribution in [3.8, 4) is 44.5 Å². The van der Waals surface area contributed by atoms with E-state index < -0.39 is 0 Å². The molecule has 0 atom stereocenters. The number of nitrogens with one attached hydrogen (secondary N) is 2. The summed E-state index contributed by atoms with van der Waals surface area (Å²) in [6.07, 6.45) is 8.54. The molecule has 7 aromatic rings. The summed E-state index contributed by atoms with van der Waals surface area (Å²) in [6.45, 7) is 0. The molecule has 5 heteroatoms. The van der Waals surface area contributed by atoms with Gasteiger partial charge in [-0.3, -0.25) is 0 Å². The maximum Gasteiger partial charge on any atom is 3.00 e. The average Bonchev–Trinajstić information content (AvgIpc) is 3.98. The van der Waals surface area contributed by atoms with Gasteiger partial charge in [-0.25, -0.2) is 9.97 Å². The number of aromatic amines is 2. The average molecular weight is 670 g/mol. The van der Waals surface area contributed by atoms with E-state index in [4.69, 9.17) is 9.97 Å². The van der Waals surface area contributed by atoms with Crippen LogP contribution in [-0.2, 0) is 17.1 Å². The molecule has 0 amide bonds. The van der Waals surface area contributed by atoms with Crippen LogP contribution in [0.5, 0.6) is 0 Å². The maximum absolute atomic E-state index is 5.35. The zero-order valence-electron chi connectivity index (χ0n) is 26.4. The van der Waals surface area contributed by atoms with E-state index in [9.17, 15) is 0 Å². The van der Waals surface area contributed by atoms with Crippen LogP contribution in [0.4, 0.5) is 0 Å². The third-order valence-electron chi connectivity index (χ3n) is 9.00. The first-order chi connectivity index (χ1) is 23.8. The van der Waals surface area contributed by atoms with Crippen molar-refractivity contribution >= 4 is 46.4 Å². The summed E-state index contributed by atoms with van der Waals surface area (Å²) in [5.41, 5.74) is 16.2. The van der Waals surface area contributed by atoms with Gasteiger partial charge in [0, 0.05) is 44.3 Å². The van der Waals surface area contributed by atoms with Crippen LogP contribution in [0, 0.1) is 0 Å². The van der Waals surface area contributed by atoms with Crippen molar-refractivity contribution < 1.29 is 17.1 Å². The SMILES string of the molecule is C1=Cc2nc1c(-c1ccccc1)c1ccc([nH]1)c(-c1ccccc1)c1nc(c(-c3ccccc3)c3ccc([nH]3)c2-c2ccccc2)C=C1.[Mn+3]. The Hall–Kier alpha value is -6.00. The van der Waals surface area contributed by atoms with Gasteiger partial charge >= 0.3 is 17.1 Å². The van der Waals surface area contributed by atoms with E-state index in [1.165, 1.54) is 0 Å². The van der Waals surface area contributed by atoms with Crippen LogP contribution in [0.15, 0.2) is 146 Å². The Bertz CT molecular complexity index is 2180. The molecule has 2 aliphatic rings. The zero-order chi connectivity index (χ0) is 31.9. The van der Waals surface area contributed by atoms with Crippen LogP contribution >= 0.6 is 0 Å². The topological polar surface area (TPSA) is 57.4 Å². The number of fused-ring (bicyclic) bond motifs is 8. The van der Waals surface area contributed by atoms with Gasteiger partial charge in [-0.05, 0) is 70.8 Å². The first kappa shape index (κ1) is 30.3. The van der Waals surface area contributed by atoms with E-state index in [1.807, 2.05) is 24.3 Å².